The summed E-state index contributed by atoms with van der Waals surface area (Å²) < 4.78 is 13.1. The second kappa shape index (κ2) is 8.10. The largest absolute Gasteiger partial charge is 0.488 e. The Kier molecular flexibility index (Phi) is 5.33. The van der Waals surface area contributed by atoms with Crippen LogP contribution in [0, 0.1) is 0 Å². The van der Waals surface area contributed by atoms with Crippen LogP contribution in [0.15, 0.2) is 71.9 Å². The molecule has 0 saturated heterocycles. The van der Waals surface area contributed by atoms with E-state index in [0.29, 0.717) is 29.0 Å². The zero-order valence-electron chi connectivity index (χ0n) is 17.6. The molecule has 0 saturated carbocycles. The molecule has 1 N–H and O–H groups in total. The van der Waals surface area contributed by atoms with Gasteiger partial charge in [0.25, 0.3) is 5.56 Å². The van der Waals surface area contributed by atoms with Crippen molar-refractivity contribution in [3.05, 3.63) is 83.0 Å². The molecule has 0 aliphatic heterocycles. The van der Waals surface area contributed by atoms with Crippen molar-refractivity contribution in [1.29, 1.82) is 0 Å². The maximum atomic E-state index is 13.1. The fourth-order valence-electron chi connectivity index (χ4n) is 3.29. The van der Waals surface area contributed by atoms with Crippen LogP contribution in [0.2, 0.25) is 0 Å². The lowest BCUT2D eigenvalue weighted by Crippen LogP contribution is -2.28. The molecule has 0 spiro atoms. The number of nitrogens with zero attached hydrogens (tertiary/aromatic N) is 2. The first-order chi connectivity index (χ1) is 14.8. The highest BCUT2D eigenvalue weighted by atomic mass is 16.6. The molecule has 0 aliphatic rings. The number of carbonyl (C=O) groups is 1. The van der Waals surface area contributed by atoms with Gasteiger partial charge in [0.1, 0.15) is 18.0 Å². The van der Waals surface area contributed by atoms with E-state index in [1.165, 1.54) is 17.1 Å². The summed E-state index contributed by atoms with van der Waals surface area (Å²) in [5.41, 5.74) is 1.20. The van der Waals surface area contributed by atoms with Gasteiger partial charge in [-0.25, -0.2) is 14.3 Å². The van der Waals surface area contributed by atoms with Crippen molar-refractivity contribution in [2.45, 2.75) is 33.0 Å². The van der Waals surface area contributed by atoms with Gasteiger partial charge in [-0.3, -0.25) is 4.79 Å². The van der Waals surface area contributed by atoms with E-state index in [2.05, 4.69) is 9.97 Å². The van der Waals surface area contributed by atoms with Crippen LogP contribution >= 0.6 is 0 Å². The van der Waals surface area contributed by atoms with Gasteiger partial charge in [0.2, 0.25) is 0 Å². The molecule has 0 radical (unpaired) electrons. The molecule has 0 bridgehead atoms. The van der Waals surface area contributed by atoms with Crippen molar-refractivity contribution in [1.82, 2.24) is 14.5 Å². The quantitative estimate of drug-likeness (QED) is 0.518. The molecule has 2 aromatic heterocycles. The molecule has 7 heteroatoms. The Morgan fingerprint density at radius 3 is 2.58 bits per heavy atom. The lowest BCUT2D eigenvalue weighted by Gasteiger charge is -2.21. The Balaban J connectivity index is 1.85. The summed E-state index contributed by atoms with van der Waals surface area (Å²) in [7, 11) is 0. The summed E-state index contributed by atoms with van der Waals surface area (Å²) in [4.78, 5) is 32.1. The third-order valence-corrected chi connectivity index (χ3v) is 4.61. The highest BCUT2D eigenvalue weighted by Crippen LogP contribution is 2.33. The number of hydrogen-bond donors (Lipinski definition) is 1. The van der Waals surface area contributed by atoms with E-state index in [-0.39, 0.29) is 11.1 Å². The van der Waals surface area contributed by atoms with E-state index >= 15 is 0 Å². The number of nitrogens with one attached hydrogen (secondary N) is 1. The topological polar surface area (TPSA) is 86.2 Å². The number of benzene rings is 2. The lowest BCUT2D eigenvalue weighted by atomic mass is 10.2. The predicted octanol–water partition coefficient (Wildman–Crippen LogP) is 4.75. The van der Waals surface area contributed by atoms with Gasteiger partial charge in [0, 0.05) is 11.6 Å². The number of fused-ring (bicyclic) bond motifs is 1. The van der Waals surface area contributed by atoms with E-state index in [4.69, 9.17) is 9.47 Å². The zero-order valence-corrected chi connectivity index (χ0v) is 17.6. The first-order valence-electron chi connectivity index (χ1n) is 9.91. The third-order valence-electron chi connectivity index (χ3n) is 4.61. The van der Waals surface area contributed by atoms with Crippen LogP contribution in [0.25, 0.3) is 22.2 Å². The zero-order chi connectivity index (χ0) is 22.0. The Hall–Kier alpha value is -3.87. The maximum Gasteiger partial charge on any atom is 0.419 e. The fourth-order valence-corrected chi connectivity index (χ4v) is 3.29. The van der Waals surface area contributed by atoms with Crippen molar-refractivity contribution >= 4 is 17.0 Å². The number of hydrogen-bond acceptors (Lipinski definition) is 5. The molecular formula is C24H23N3O4. The molecule has 0 aliphatic carbocycles. The van der Waals surface area contributed by atoms with Gasteiger partial charge in [0.15, 0.2) is 0 Å². The average Bonchev–Trinajstić information content (AvgIpc) is 3.12. The van der Waals surface area contributed by atoms with Crippen LogP contribution in [0.5, 0.6) is 5.75 Å². The molecule has 4 aromatic rings. The van der Waals surface area contributed by atoms with Crippen molar-refractivity contribution in [2.75, 3.05) is 0 Å². The minimum absolute atomic E-state index is 0.263. The number of aromatic nitrogens is 3. The maximum absolute atomic E-state index is 13.1. The van der Waals surface area contributed by atoms with E-state index in [1.54, 1.807) is 39.0 Å². The summed E-state index contributed by atoms with van der Waals surface area (Å²) in [6, 6.07) is 17.0. The second-order valence-corrected chi connectivity index (χ2v) is 8.10. The molecule has 31 heavy (non-hydrogen) atoms. The van der Waals surface area contributed by atoms with E-state index in [9.17, 15) is 9.59 Å². The molecule has 158 valence electrons. The second-order valence-electron chi connectivity index (χ2n) is 8.10. The Bertz CT molecular complexity index is 1280. The van der Waals surface area contributed by atoms with Crippen molar-refractivity contribution in [2.24, 2.45) is 0 Å². The van der Waals surface area contributed by atoms with Crippen LogP contribution in [-0.4, -0.2) is 26.2 Å². The average molecular weight is 417 g/mol. The molecular weight excluding hydrogens is 394 g/mol. The van der Waals surface area contributed by atoms with Gasteiger partial charge in [-0.2, -0.15) is 0 Å². The molecule has 4 rings (SSSR count). The smallest absolute Gasteiger partial charge is 0.419 e. The number of aromatic amines is 1. The number of ether oxygens (including phenoxy) is 2. The lowest BCUT2D eigenvalue weighted by molar-refractivity contribution is 0.0547. The summed E-state index contributed by atoms with van der Waals surface area (Å²) >= 11 is 0. The molecule has 0 atom stereocenters. The molecule has 7 nitrogen and oxygen atoms in total. The number of carbonyl (C=O) groups excluding carboxylic acids is 1. The van der Waals surface area contributed by atoms with Gasteiger partial charge < -0.3 is 14.5 Å². The Labute approximate surface area is 179 Å². The van der Waals surface area contributed by atoms with Gasteiger partial charge in [-0.05, 0) is 44.5 Å². The molecule has 0 amide bonds. The van der Waals surface area contributed by atoms with Crippen LogP contribution in [0.4, 0.5) is 4.79 Å². The van der Waals surface area contributed by atoms with Gasteiger partial charge in [-0.1, -0.05) is 36.4 Å². The first-order valence-corrected chi connectivity index (χ1v) is 9.91. The van der Waals surface area contributed by atoms with Crippen LogP contribution in [0.1, 0.15) is 26.3 Å². The Morgan fingerprint density at radius 1 is 1.10 bits per heavy atom. The van der Waals surface area contributed by atoms with Crippen molar-refractivity contribution in [3.8, 4) is 17.0 Å². The minimum atomic E-state index is -0.701. The first kappa shape index (κ1) is 20.4. The fraction of sp³-hybridized carbons (Fsp3) is 0.208. The van der Waals surface area contributed by atoms with Crippen molar-refractivity contribution in [3.63, 3.8) is 0 Å². The van der Waals surface area contributed by atoms with E-state index in [1.807, 2.05) is 36.4 Å². The normalized spacial score (nSPS) is 11.5. The van der Waals surface area contributed by atoms with Gasteiger partial charge >= 0.3 is 6.09 Å². The summed E-state index contributed by atoms with van der Waals surface area (Å²) in [5, 5.41) is 0.697. The number of H-pyrrole nitrogens is 1. The van der Waals surface area contributed by atoms with E-state index in [0.717, 1.165) is 5.56 Å². The Morgan fingerprint density at radius 2 is 1.87 bits per heavy atom. The number of rotatable bonds is 4. The summed E-state index contributed by atoms with van der Waals surface area (Å²) in [6.07, 6.45) is 2.15. The standard InChI is InChI=1S/C24H23N3O4/c1-24(2,3)31-23(29)27-19-10-7-11-21(30-14-16-8-5-4-6-9-16)17(19)12-20(27)18-13-25-15-26-22(18)28/h4-13,15H,14H2,1-3H3,(H,25,26,28). The molecule has 2 aromatic carbocycles. The van der Waals surface area contributed by atoms with Crippen LogP contribution < -0.4 is 10.3 Å². The SMILES string of the molecule is CC(C)(C)OC(=O)n1c(-c2cnc[nH]c2=O)cc2c(OCc3ccccc3)cccc21. The predicted molar refractivity (Wildman–Crippen MR) is 118 cm³/mol. The highest BCUT2D eigenvalue weighted by Gasteiger charge is 2.25. The van der Waals surface area contributed by atoms with Gasteiger partial charge in [-0.15, -0.1) is 0 Å². The minimum Gasteiger partial charge on any atom is -0.488 e. The van der Waals surface area contributed by atoms with Crippen LogP contribution in [-0.2, 0) is 11.3 Å². The molecule has 2 heterocycles. The summed E-state index contributed by atoms with van der Waals surface area (Å²) in [5.74, 6) is 0.602. The third kappa shape index (κ3) is 4.35. The highest BCUT2D eigenvalue weighted by molar-refractivity contribution is 5.99. The molecule has 0 fully saturated rings. The monoisotopic (exact) mass is 417 g/mol. The summed E-state index contributed by atoms with van der Waals surface area (Å²) in [6.45, 7) is 5.75. The van der Waals surface area contributed by atoms with Crippen molar-refractivity contribution < 1.29 is 14.3 Å². The van der Waals surface area contributed by atoms with Crippen LogP contribution in [0.3, 0.4) is 0 Å². The van der Waals surface area contributed by atoms with Gasteiger partial charge in [0.05, 0.1) is 23.1 Å². The van der Waals surface area contributed by atoms with E-state index < -0.39 is 11.7 Å². The molecule has 0 unspecified atom stereocenters.